The molecule has 0 bridgehead atoms. The third kappa shape index (κ3) is 5.64. The van der Waals surface area contributed by atoms with E-state index in [4.69, 9.17) is 9.97 Å². The molecule has 1 aromatic carbocycles. The number of rotatable bonds is 8. The van der Waals surface area contributed by atoms with Crippen molar-refractivity contribution in [1.29, 1.82) is 10.5 Å². The van der Waals surface area contributed by atoms with E-state index in [1.54, 1.807) is 12.1 Å². The fraction of sp³-hybridized carbons (Fsp3) is 0.324. The Morgan fingerprint density at radius 3 is 2.40 bits per heavy atom. The number of carbonyl (C=O) groups excluding carboxylic acids is 1. The van der Waals surface area contributed by atoms with Crippen LogP contribution in [0.3, 0.4) is 0 Å². The van der Waals surface area contributed by atoms with Gasteiger partial charge in [-0.3, -0.25) is 9.20 Å². The van der Waals surface area contributed by atoms with E-state index in [1.807, 2.05) is 54.0 Å². The summed E-state index contributed by atoms with van der Waals surface area (Å²) in [7, 11) is 1.91. The van der Waals surface area contributed by atoms with Crippen molar-refractivity contribution in [1.82, 2.24) is 29.7 Å². The number of anilines is 3. The first-order valence-electron chi connectivity index (χ1n) is 15.5. The van der Waals surface area contributed by atoms with Crippen LogP contribution >= 0.6 is 11.3 Å². The van der Waals surface area contributed by atoms with Gasteiger partial charge in [-0.2, -0.15) is 10.5 Å². The summed E-state index contributed by atoms with van der Waals surface area (Å²) >= 11 is 1.28. The predicted octanol–water partition coefficient (Wildman–Crippen LogP) is 5.64. The summed E-state index contributed by atoms with van der Waals surface area (Å²) in [5.74, 6) is 0.992. The highest BCUT2D eigenvalue weighted by Gasteiger charge is 2.51. The van der Waals surface area contributed by atoms with Gasteiger partial charge >= 0.3 is 0 Å². The van der Waals surface area contributed by atoms with Crippen LogP contribution in [0.2, 0.25) is 0 Å². The zero-order valence-corrected chi connectivity index (χ0v) is 26.8. The van der Waals surface area contributed by atoms with Crippen LogP contribution in [0.15, 0.2) is 55.0 Å². The Hall–Kier alpha value is -5.40. The number of piperidine rings is 1. The normalized spacial score (nSPS) is 15.6. The van der Waals surface area contributed by atoms with Gasteiger partial charge < -0.3 is 15.1 Å². The highest BCUT2D eigenvalue weighted by Crippen LogP contribution is 2.45. The molecule has 7 rings (SSSR count). The second kappa shape index (κ2) is 12.1. The zero-order valence-electron chi connectivity index (χ0n) is 25.9. The van der Waals surface area contributed by atoms with Crippen LogP contribution in [0, 0.1) is 33.9 Å². The summed E-state index contributed by atoms with van der Waals surface area (Å²) in [5.41, 5.74) is 3.81. The van der Waals surface area contributed by atoms with Gasteiger partial charge in [-0.15, -0.1) is 0 Å². The van der Waals surface area contributed by atoms with Crippen LogP contribution < -0.4 is 15.1 Å². The lowest BCUT2D eigenvalue weighted by Crippen LogP contribution is -2.47. The molecule has 11 nitrogen and oxygen atoms in total. The summed E-state index contributed by atoms with van der Waals surface area (Å²) in [4.78, 5) is 36.0. The van der Waals surface area contributed by atoms with Crippen molar-refractivity contribution < 1.29 is 9.18 Å². The largest absolute Gasteiger partial charge is 0.352 e. The average molecular weight is 647 g/mol. The van der Waals surface area contributed by atoms with E-state index in [0.717, 1.165) is 41.1 Å². The lowest BCUT2D eigenvalue weighted by molar-refractivity contribution is -0.125. The van der Waals surface area contributed by atoms with Gasteiger partial charge in [0.25, 0.3) is 0 Å². The molecule has 1 aliphatic heterocycles. The number of halogens is 1. The number of nitriles is 2. The Balaban J connectivity index is 1.10. The number of aromatic nitrogens is 5. The van der Waals surface area contributed by atoms with Crippen molar-refractivity contribution in [3.05, 3.63) is 71.4 Å². The average Bonchev–Trinajstić information content (AvgIpc) is 3.65. The van der Waals surface area contributed by atoms with Gasteiger partial charge in [-0.05, 0) is 68.5 Å². The van der Waals surface area contributed by atoms with Gasteiger partial charge in [0.2, 0.25) is 11.9 Å². The van der Waals surface area contributed by atoms with Crippen LogP contribution in [0.25, 0.3) is 28.0 Å². The highest BCUT2D eigenvalue weighted by molar-refractivity contribution is 7.16. The summed E-state index contributed by atoms with van der Waals surface area (Å²) in [6.45, 7) is 3.48. The second-order valence-electron chi connectivity index (χ2n) is 11.9. The number of hydrogen-bond donors (Lipinski definition) is 1. The van der Waals surface area contributed by atoms with Crippen molar-refractivity contribution in [2.24, 2.45) is 5.41 Å². The van der Waals surface area contributed by atoms with E-state index in [0.29, 0.717) is 59.6 Å². The quantitative estimate of drug-likeness (QED) is 0.227. The molecular formula is C34H31FN10OS. The van der Waals surface area contributed by atoms with Crippen molar-refractivity contribution in [2.45, 2.75) is 45.1 Å². The maximum atomic E-state index is 13.6. The Kier molecular flexibility index (Phi) is 7.78. The number of pyridine rings is 1. The van der Waals surface area contributed by atoms with E-state index in [2.05, 4.69) is 32.3 Å². The maximum Gasteiger partial charge on any atom is 0.240 e. The lowest BCUT2D eigenvalue weighted by atomic mass is 10.0. The molecule has 0 unspecified atom stereocenters. The number of nitrogens with zero attached hydrogens (tertiary/aromatic N) is 9. The highest BCUT2D eigenvalue weighted by atomic mass is 32.1. The van der Waals surface area contributed by atoms with Gasteiger partial charge in [-0.1, -0.05) is 18.3 Å². The molecule has 0 spiro atoms. The van der Waals surface area contributed by atoms with Crippen molar-refractivity contribution >= 4 is 39.8 Å². The molecule has 0 radical (unpaired) electrons. The first-order chi connectivity index (χ1) is 22.8. The van der Waals surface area contributed by atoms with Crippen molar-refractivity contribution in [3.63, 3.8) is 0 Å². The standard InChI is InChI=1S/C34H31FN10OS/c1-3-26-30(43(2)33-42-29(27(16-36)47-33)21-4-7-24(35)8-5-21)45-19-22(6-9-28(45)41-26)23-17-38-32(39-18-23)44-14-10-25(11-15-44)40-31(46)34(20-37)12-13-34/h4-9,17-19,25H,3,10-15H2,1-2H3,(H,40,46). The Bertz CT molecular complexity index is 2050. The number of amides is 1. The fourth-order valence-electron chi connectivity index (χ4n) is 5.96. The summed E-state index contributed by atoms with van der Waals surface area (Å²) in [5, 5.41) is 22.8. The summed E-state index contributed by atoms with van der Waals surface area (Å²) in [6.07, 6.45) is 9.17. The van der Waals surface area contributed by atoms with Crippen LogP contribution in [0.4, 0.5) is 21.3 Å². The van der Waals surface area contributed by atoms with Crippen molar-refractivity contribution in [2.75, 3.05) is 29.9 Å². The minimum absolute atomic E-state index is 0.0523. The summed E-state index contributed by atoms with van der Waals surface area (Å²) in [6, 6.07) is 14.4. The Morgan fingerprint density at radius 1 is 1.06 bits per heavy atom. The molecular weight excluding hydrogens is 616 g/mol. The van der Waals surface area contributed by atoms with Gasteiger partial charge in [-0.25, -0.2) is 24.3 Å². The number of fused-ring (bicyclic) bond motifs is 1. The fourth-order valence-corrected chi connectivity index (χ4v) is 6.81. The smallest absolute Gasteiger partial charge is 0.240 e. The topological polar surface area (TPSA) is 139 Å². The molecule has 4 aromatic heterocycles. The monoisotopic (exact) mass is 646 g/mol. The third-order valence-corrected chi connectivity index (χ3v) is 9.96. The number of aryl methyl sites for hydroxylation is 1. The van der Waals surface area contributed by atoms with E-state index in [9.17, 15) is 19.7 Å². The molecule has 47 heavy (non-hydrogen) atoms. The lowest BCUT2D eigenvalue weighted by Gasteiger charge is -2.32. The van der Waals surface area contributed by atoms with Crippen LogP contribution in [0.5, 0.6) is 0 Å². The number of imidazole rings is 1. The van der Waals surface area contributed by atoms with Gasteiger partial charge in [0.1, 0.15) is 39.3 Å². The molecule has 1 aliphatic carbocycles. The Labute approximate surface area is 275 Å². The number of hydrogen-bond acceptors (Lipinski definition) is 10. The zero-order chi connectivity index (χ0) is 32.7. The summed E-state index contributed by atoms with van der Waals surface area (Å²) < 4.78 is 15.6. The molecule has 0 atom stereocenters. The first kappa shape index (κ1) is 30.3. The van der Waals surface area contributed by atoms with Gasteiger partial charge in [0.15, 0.2) is 5.13 Å². The number of thiazole rings is 1. The SMILES string of the molecule is CCc1nc2ccc(-c3cnc(N4CCC(NC(=O)C5(C#N)CC5)CC4)nc3)cn2c1N(C)c1nc(-c2ccc(F)cc2)c(C#N)s1. The minimum Gasteiger partial charge on any atom is -0.352 e. The van der Waals surface area contributed by atoms with Crippen LogP contribution in [-0.2, 0) is 11.2 Å². The molecule has 2 fully saturated rings. The van der Waals surface area contributed by atoms with E-state index in [1.165, 1.54) is 23.5 Å². The van der Waals surface area contributed by atoms with E-state index >= 15 is 0 Å². The third-order valence-electron chi connectivity index (χ3n) is 8.92. The number of carbonyl (C=O) groups is 1. The molecule has 5 aromatic rings. The molecule has 13 heteroatoms. The predicted molar refractivity (Wildman–Crippen MR) is 177 cm³/mol. The second-order valence-corrected chi connectivity index (χ2v) is 12.9. The molecule has 1 amide bonds. The van der Waals surface area contributed by atoms with Crippen molar-refractivity contribution in [3.8, 4) is 34.5 Å². The molecule has 1 N–H and O–H groups in total. The number of benzene rings is 1. The molecule has 1 saturated carbocycles. The maximum absolute atomic E-state index is 13.6. The number of nitrogens with one attached hydrogen (secondary N) is 1. The first-order valence-corrected chi connectivity index (χ1v) is 16.4. The Morgan fingerprint density at radius 2 is 1.77 bits per heavy atom. The van der Waals surface area contributed by atoms with Gasteiger partial charge in [0.05, 0.1) is 11.8 Å². The van der Waals surface area contributed by atoms with Gasteiger partial charge in [0, 0.05) is 61.5 Å². The van der Waals surface area contributed by atoms with E-state index < -0.39 is 5.41 Å². The minimum atomic E-state index is -0.805. The molecule has 5 heterocycles. The molecule has 2 aliphatic rings. The van der Waals surface area contributed by atoms with Crippen LogP contribution in [0.1, 0.15) is 43.2 Å². The van der Waals surface area contributed by atoms with E-state index in [-0.39, 0.29) is 17.8 Å². The molecule has 1 saturated heterocycles. The molecule has 236 valence electrons. The van der Waals surface area contributed by atoms with Crippen LogP contribution in [-0.4, -0.2) is 56.4 Å².